The minimum atomic E-state index is 0. The van der Waals surface area contributed by atoms with Gasteiger partial charge in [0.25, 0.3) is 0 Å². The number of hydrogen-bond acceptors (Lipinski definition) is 0. The molecule has 0 aromatic rings. The fraction of sp³-hybridized carbons (Fsp3) is 0.500. The van der Waals surface area contributed by atoms with Crippen molar-refractivity contribution in [2.75, 3.05) is 0 Å². The van der Waals surface area contributed by atoms with Crippen LogP contribution < -0.4 is 0 Å². The molecule has 0 saturated heterocycles. The van der Waals surface area contributed by atoms with Gasteiger partial charge in [0.1, 0.15) is 0 Å². The van der Waals surface area contributed by atoms with Crippen LogP contribution in [-0.2, 0) is 19.5 Å². The topological polar surface area (TPSA) is 0 Å². The number of unbranched alkanes of at least 4 members (excludes halogenated alkanes) is 2. The second-order valence-electron chi connectivity index (χ2n) is 1.76. The van der Waals surface area contributed by atoms with Crippen LogP contribution in [0.25, 0.3) is 0 Å². The first-order chi connectivity index (χ1) is 3.91. The molecule has 0 unspecified atom stereocenters. The first kappa shape index (κ1) is 11.8. The Labute approximate surface area is 70.8 Å². The van der Waals surface area contributed by atoms with Crippen LogP contribution in [0.2, 0.25) is 0 Å². The van der Waals surface area contributed by atoms with Gasteiger partial charge in [0.15, 0.2) is 0 Å². The van der Waals surface area contributed by atoms with E-state index in [-0.39, 0.29) is 19.5 Å². The molecule has 0 saturated carbocycles. The van der Waals surface area contributed by atoms with Crippen molar-refractivity contribution in [3.8, 4) is 0 Å². The molecule has 0 aliphatic carbocycles. The fourth-order valence-corrected chi connectivity index (χ4v) is 0.497. The van der Waals surface area contributed by atoms with E-state index >= 15 is 0 Å². The standard InChI is InChI=1S/C8H13.Rh/c1-3-5-7-8-6-4-2;/h1,3,5,7H,4,6,8H2,2H3;/q-1;. The predicted octanol–water partition coefficient (Wildman–Crippen LogP) is 2.72. The molecule has 0 aliphatic rings. The van der Waals surface area contributed by atoms with Gasteiger partial charge in [0, 0.05) is 19.5 Å². The second kappa shape index (κ2) is 11.0. The molecule has 0 rings (SSSR count). The van der Waals surface area contributed by atoms with Gasteiger partial charge >= 0.3 is 0 Å². The molecule has 0 bridgehead atoms. The number of rotatable bonds is 4. The molecular formula is C8H13Rh-. The maximum atomic E-state index is 5.10. The summed E-state index contributed by atoms with van der Waals surface area (Å²) >= 11 is 0. The van der Waals surface area contributed by atoms with Gasteiger partial charge in [-0.2, -0.15) is 6.08 Å². The molecule has 0 fully saturated rings. The van der Waals surface area contributed by atoms with E-state index in [0.29, 0.717) is 0 Å². The van der Waals surface area contributed by atoms with E-state index < -0.39 is 0 Å². The van der Waals surface area contributed by atoms with Crippen LogP contribution in [0.15, 0.2) is 18.2 Å². The van der Waals surface area contributed by atoms with Crippen LogP contribution in [-0.4, -0.2) is 0 Å². The minimum Gasteiger partial charge on any atom is -0.293 e. The van der Waals surface area contributed by atoms with E-state index in [1.165, 1.54) is 12.8 Å². The summed E-state index contributed by atoms with van der Waals surface area (Å²) in [5, 5.41) is 0. The Morgan fingerprint density at radius 2 is 2.11 bits per heavy atom. The van der Waals surface area contributed by atoms with Crippen LogP contribution in [0.3, 0.4) is 0 Å². The summed E-state index contributed by atoms with van der Waals surface area (Å²) in [4.78, 5) is 0. The molecule has 1 radical (unpaired) electrons. The summed E-state index contributed by atoms with van der Waals surface area (Å²) < 4.78 is 0. The van der Waals surface area contributed by atoms with E-state index in [4.69, 9.17) is 6.58 Å². The smallest absolute Gasteiger partial charge is 0 e. The van der Waals surface area contributed by atoms with Crippen molar-refractivity contribution in [3.63, 3.8) is 0 Å². The van der Waals surface area contributed by atoms with E-state index in [0.717, 1.165) is 6.42 Å². The Kier molecular flexibility index (Phi) is 14.4. The van der Waals surface area contributed by atoms with Gasteiger partial charge in [-0.3, -0.25) is 6.58 Å². The summed E-state index contributed by atoms with van der Waals surface area (Å²) in [6, 6.07) is 0. The first-order valence-electron chi connectivity index (χ1n) is 3.12. The maximum Gasteiger partial charge on any atom is 0 e. The Morgan fingerprint density at radius 1 is 1.44 bits per heavy atom. The quantitative estimate of drug-likeness (QED) is 0.291. The van der Waals surface area contributed by atoms with Crippen LogP contribution in [0, 0.1) is 6.58 Å². The average molecular weight is 212 g/mol. The monoisotopic (exact) mass is 212 g/mol. The zero-order valence-electron chi connectivity index (χ0n) is 5.76. The van der Waals surface area contributed by atoms with Crippen molar-refractivity contribution in [2.45, 2.75) is 26.2 Å². The number of allylic oxidation sites excluding steroid dienone is 3. The second-order valence-corrected chi connectivity index (χ2v) is 1.76. The molecule has 55 valence electrons. The van der Waals surface area contributed by atoms with Crippen LogP contribution in [0.5, 0.6) is 0 Å². The molecule has 1 heteroatoms. The SMILES string of the molecule is [CH-]=CC=CCCCC.[Rh]. The largest absolute Gasteiger partial charge is 0.293 e. The third kappa shape index (κ3) is 11.6. The number of hydrogen-bond donors (Lipinski definition) is 0. The van der Waals surface area contributed by atoms with E-state index in [9.17, 15) is 0 Å². The van der Waals surface area contributed by atoms with E-state index in [2.05, 4.69) is 13.0 Å². The first-order valence-corrected chi connectivity index (χ1v) is 3.12. The Bertz CT molecular complexity index is 74.6. The fourth-order valence-electron chi connectivity index (χ4n) is 0.497. The molecular weight excluding hydrogens is 199 g/mol. The molecule has 0 aromatic heterocycles. The van der Waals surface area contributed by atoms with Gasteiger partial charge < -0.3 is 0 Å². The van der Waals surface area contributed by atoms with Crippen molar-refractivity contribution in [2.24, 2.45) is 0 Å². The van der Waals surface area contributed by atoms with Crippen LogP contribution in [0.1, 0.15) is 26.2 Å². The van der Waals surface area contributed by atoms with Crippen LogP contribution >= 0.6 is 0 Å². The molecule has 0 aliphatic heterocycles. The molecule has 0 heterocycles. The van der Waals surface area contributed by atoms with Gasteiger partial charge in [0.05, 0.1) is 0 Å². The molecule has 0 N–H and O–H groups in total. The van der Waals surface area contributed by atoms with E-state index in [1.807, 2.05) is 6.08 Å². The van der Waals surface area contributed by atoms with Crippen molar-refractivity contribution in [1.29, 1.82) is 0 Å². The van der Waals surface area contributed by atoms with Gasteiger partial charge in [-0.05, 0) is 0 Å². The molecule has 0 atom stereocenters. The molecule has 0 nitrogen and oxygen atoms in total. The van der Waals surface area contributed by atoms with Crippen molar-refractivity contribution < 1.29 is 19.5 Å². The molecule has 0 aromatic carbocycles. The van der Waals surface area contributed by atoms with Crippen molar-refractivity contribution >= 4 is 0 Å². The van der Waals surface area contributed by atoms with Crippen molar-refractivity contribution in [1.82, 2.24) is 0 Å². The van der Waals surface area contributed by atoms with E-state index in [1.54, 1.807) is 6.08 Å². The maximum absolute atomic E-state index is 5.10. The third-order valence-corrected chi connectivity index (χ3v) is 0.972. The molecule has 9 heavy (non-hydrogen) atoms. The predicted molar refractivity (Wildman–Crippen MR) is 37.5 cm³/mol. The van der Waals surface area contributed by atoms with Gasteiger partial charge in [-0.1, -0.05) is 26.2 Å². The van der Waals surface area contributed by atoms with Gasteiger partial charge in [-0.25, -0.2) is 12.2 Å². The zero-order valence-corrected chi connectivity index (χ0v) is 7.40. The summed E-state index contributed by atoms with van der Waals surface area (Å²) in [7, 11) is 0. The molecule has 0 amide bonds. The third-order valence-electron chi connectivity index (χ3n) is 0.972. The summed E-state index contributed by atoms with van der Waals surface area (Å²) in [5.41, 5.74) is 0. The van der Waals surface area contributed by atoms with Gasteiger partial charge in [-0.15, -0.1) is 0 Å². The average Bonchev–Trinajstić information content (AvgIpc) is 1.81. The zero-order chi connectivity index (χ0) is 6.24. The summed E-state index contributed by atoms with van der Waals surface area (Å²) in [6.45, 7) is 7.28. The Hall–Kier alpha value is 0.103. The van der Waals surface area contributed by atoms with Gasteiger partial charge in [0.2, 0.25) is 0 Å². The Balaban J connectivity index is 0. The molecule has 0 spiro atoms. The summed E-state index contributed by atoms with van der Waals surface area (Å²) in [5.74, 6) is 0. The normalized spacial score (nSPS) is 9.00. The van der Waals surface area contributed by atoms with Crippen molar-refractivity contribution in [3.05, 3.63) is 24.8 Å². The summed E-state index contributed by atoms with van der Waals surface area (Å²) in [6.07, 6.45) is 9.22. The van der Waals surface area contributed by atoms with Crippen LogP contribution in [0.4, 0.5) is 0 Å². The Morgan fingerprint density at radius 3 is 2.56 bits per heavy atom. The minimum absolute atomic E-state index is 0.